The van der Waals surface area contributed by atoms with Crippen molar-refractivity contribution in [3.63, 3.8) is 0 Å². The fourth-order valence-corrected chi connectivity index (χ4v) is 4.27. The Morgan fingerprint density at radius 1 is 1.00 bits per heavy atom. The first-order valence-electron chi connectivity index (χ1n) is 7.47. The molecule has 0 saturated heterocycles. The molecule has 1 aliphatic heterocycles. The molecule has 1 aliphatic rings. The minimum absolute atomic E-state index is 0.0163. The summed E-state index contributed by atoms with van der Waals surface area (Å²) in [7, 11) is -3.75. The second-order valence-corrected chi connectivity index (χ2v) is 8.58. The van der Waals surface area contributed by atoms with Gasteiger partial charge in [0, 0.05) is 5.56 Å². The molecule has 23 heavy (non-hydrogen) atoms. The van der Waals surface area contributed by atoms with Crippen LogP contribution in [0.5, 0.6) is 0 Å². The third kappa shape index (κ3) is 2.65. The Morgan fingerprint density at radius 3 is 2.17 bits per heavy atom. The molecule has 0 aromatic heterocycles. The summed E-state index contributed by atoms with van der Waals surface area (Å²) >= 11 is 0. The van der Waals surface area contributed by atoms with Gasteiger partial charge in [-0.3, -0.25) is 4.79 Å². The number of fused-ring (bicyclic) bond motifs is 1. The van der Waals surface area contributed by atoms with Crippen LogP contribution in [0.1, 0.15) is 42.3 Å². The van der Waals surface area contributed by atoms with Gasteiger partial charge in [0.1, 0.15) is 0 Å². The van der Waals surface area contributed by atoms with Gasteiger partial charge in [0.2, 0.25) is 0 Å². The van der Waals surface area contributed by atoms with Gasteiger partial charge in [0.15, 0.2) is 0 Å². The van der Waals surface area contributed by atoms with Crippen molar-refractivity contribution in [1.82, 2.24) is 4.31 Å². The van der Waals surface area contributed by atoms with Gasteiger partial charge < -0.3 is 0 Å². The fourth-order valence-electron chi connectivity index (χ4n) is 2.68. The summed E-state index contributed by atoms with van der Waals surface area (Å²) in [6.45, 7) is 6.36. The molecule has 0 radical (unpaired) electrons. The molecule has 2 aromatic rings. The van der Waals surface area contributed by atoms with Crippen molar-refractivity contribution < 1.29 is 13.2 Å². The number of carbonyl (C=O) groups is 1. The highest BCUT2D eigenvalue weighted by atomic mass is 32.2. The van der Waals surface area contributed by atoms with Crippen molar-refractivity contribution in [2.24, 2.45) is 0 Å². The molecule has 0 fully saturated rings. The zero-order chi connectivity index (χ0) is 16.8. The summed E-state index contributed by atoms with van der Waals surface area (Å²) in [6, 6.07) is 13.9. The summed E-state index contributed by atoms with van der Waals surface area (Å²) in [5, 5.41) is 0. The van der Waals surface area contributed by atoms with E-state index in [1.165, 1.54) is 0 Å². The molecular weight excluding hydrogens is 310 g/mol. The van der Waals surface area contributed by atoms with Gasteiger partial charge in [0.25, 0.3) is 15.9 Å². The molecule has 120 valence electrons. The van der Waals surface area contributed by atoms with E-state index in [9.17, 15) is 13.2 Å². The summed E-state index contributed by atoms with van der Waals surface area (Å²) in [4.78, 5) is 12.9. The van der Waals surface area contributed by atoms with Crippen molar-refractivity contribution in [2.75, 3.05) is 0 Å². The van der Waals surface area contributed by atoms with E-state index in [1.807, 2.05) is 12.1 Å². The lowest BCUT2D eigenvalue weighted by Gasteiger charge is -2.20. The van der Waals surface area contributed by atoms with E-state index in [2.05, 4.69) is 20.8 Å². The Kier molecular flexibility index (Phi) is 3.56. The van der Waals surface area contributed by atoms with Gasteiger partial charge in [-0.1, -0.05) is 51.1 Å². The first kappa shape index (κ1) is 15.7. The Labute approximate surface area is 136 Å². The molecule has 1 amide bonds. The highest BCUT2D eigenvalue weighted by molar-refractivity contribution is 7.90. The van der Waals surface area contributed by atoms with E-state index in [-0.39, 0.29) is 16.9 Å². The molecule has 5 heteroatoms. The molecule has 2 aromatic carbocycles. The van der Waals surface area contributed by atoms with E-state index in [0.717, 1.165) is 9.87 Å². The van der Waals surface area contributed by atoms with Crippen LogP contribution in [0.3, 0.4) is 0 Å². The maximum atomic E-state index is 12.6. The lowest BCUT2D eigenvalue weighted by Crippen LogP contribution is -2.31. The summed E-state index contributed by atoms with van der Waals surface area (Å²) < 4.78 is 26.0. The number of carbonyl (C=O) groups excluding carboxylic acids is 1. The number of amides is 1. The summed E-state index contributed by atoms with van der Waals surface area (Å²) in [5.74, 6) is -0.485. The second-order valence-electron chi connectivity index (χ2n) is 6.75. The van der Waals surface area contributed by atoms with Crippen molar-refractivity contribution >= 4 is 15.9 Å². The lowest BCUT2D eigenvalue weighted by molar-refractivity contribution is 0.0860. The summed E-state index contributed by atoms with van der Waals surface area (Å²) in [5.41, 5.74) is 2.13. The van der Waals surface area contributed by atoms with Gasteiger partial charge in [-0.05, 0) is 34.7 Å². The van der Waals surface area contributed by atoms with Crippen LogP contribution in [0, 0.1) is 0 Å². The van der Waals surface area contributed by atoms with Crippen LogP contribution >= 0.6 is 0 Å². The average Bonchev–Trinajstić information content (AvgIpc) is 2.78. The van der Waals surface area contributed by atoms with Gasteiger partial charge in [-0.15, -0.1) is 0 Å². The molecule has 1 heterocycles. The average molecular weight is 329 g/mol. The lowest BCUT2D eigenvalue weighted by atomic mass is 9.87. The number of nitrogens with zero attached hydrogens (tertiary/aromatic N) is 1. The molecule has 4 nitrogen and oxygen atoms in total. The summed E-state index contributed by atoms with van der Waals surface area (Å²) in [6.07, 6.45) is 0. The van der Waals surface area contributed by atoms with Gasteiger partial charge in [-0.25, -0.2) is 12.7 Å². The van der Waals surface area contributed by atoms with Crippen LogP contribution in [0.4, 0.5) is 0 Å². The van der Waals surface area contributed by atoms with Crippen LogP contribution in [0.25, 0.3) is 0 Å². The SMILES string of the molecule is CC(C)(C)c1ccc(C(=O)N2Cc3ccccc3S2(=O)=O)cc1. The number of hydrogen-bond acceptors (Lipinski definition) is 3. The Bertz CT molecular complexity index is 862. The standard InChI is InChI=1S/C18H19NO3S/c1-18(2,3)15-10-8-13(9-11-15)17(20)19-12-14-6-4-5-7-16(14)23(19,21)22/h4-11H,12H2,1-3H3. The van der Waals surface area contributed by atoms with Crippen molar-refractivity contribution in [1.29, 1.82) is 0 Å². The largest absolute Gasteiger partial charge is 0.268 e. The number of rotatable bonds is 1. The molecular formula is C18H19NO3S. The van der Waals surface area contributed by atoms with E-state index in [1.54, 1.807) is 36.4 Å². The smallest absolute Gasteiger partial charge is 0.267 e. The molecule has 0 unspecified atom stereocenters. The molecule has 0 aliphatic carbocycles. The Hall–Kier alpha value is -2.14. The molecule has 0 N–H and O–H groups in total. The second kappa shape index (κ2) is 5.20. The fraction of sp³-hybridized carbons (Fsp3) is 0.278. The van der Waals surface area contributed by atoms with Crippen LogP contribution in [-0.4, -0.2) is 18.6 Å². The van der Waals surface area contributed by atoms with Gasteiger partial charge in [-0.2, -0.15) is 0 Å². The predicted octanol–water partition coefficient (Wildman–Crippen LogP) is 3.33. The van der Waals surface area contributed by atoms with E-state index in [4.69, 9.17) is 0 Å². The molecule has 0 spiro atoms. The first-order valence-corrected chi connectivity index (χ1v) is 8.91. The van der Waals surface area contributed by atoms with Crippen molar-refractivity contribution in [3.8, 4) is 0 Å². The van der Waals surface area contributed by atoms with E-state index < -0.39 is 15.9 Å². The van der Waals surface area contributed by atoms with Crippen LogP contribution in [-0.2, 0) is 22.0 Å². The van der Waals surface area contributed by atoms with Crippen LogP contribution in [0.15, 0.2) is 53.4 Å². The normalized spacial score (nSPS) is 16.2. The van der Waals surface area contributed by atoms with E-state index in [0.29, 0.717) is 11.1 Å². The maximum Gasteiger partial charge on any atom is 0.267 e. The number of hydrogen-bond donors (Lipinski definition) is 0. The van der Waals surface area contributed by atoms with Crippen LogP contribution < -0.4 is 0 Å². The first-order chi connectivity index (χ1) is 10.7. The molecule has 3 rings (SSSR count). The third-order valence-electron chi connectivity index (χ3n) is 4.08. The minimum atomic E-state index is -3.75. The molecule has 0 saturated carbocycles. The monoisotopic (exact) mass is 329 g/mol. The zero-order valence-corrected chi connectivity index (χ0v) is 14.2. The zero-order valence-electron chi connectivity index (χ0n) is 13.4. The quantitative estimate of drug-likeness (QED) is 0.806. The number of sulfonamides is 1. The maximum absolute atomic E-state index is 12.6. The molecule has 0 bridgehead atoms. The van der Waals surface area contributed by atoms with Crippen molar-refractivity contribution in [2.45, 2.75) is 37.6 Å². The van der Waals surface area contributed by atoms with Gasteiger partial charge in [0.05, 0.1) is 11.4 Å². The van der Waals surface area contributed by atoms with Crippen molar-refractivity contribution in [3.05, 3.63) is 65.2 Å². The predicted molar refractivity (Wildman–Crippen MR) is 88.6 cm³/mol. The Balaban J connectivity index is 1.94. The molecule has 0 atom stereocenters. The third-order valence-corrected chi connectivity index (χ3v) is 5.91. The van der Waals surface area contributed by atoms with E-state index >= 15 is 0 Å². The number of benzene rings is 2. The highest BCUT2D eigenvalue weighted by Crippen LogP contribution is 2.31. The van der Waals surface area contributed by atoms with Crippen LogP contribution in [0.2, 0.25) is 0 Å². The minimum Gasteiger partial charge on any atom is -0.268 e. The van der Waals surface area contributed by atoms with Gasteiger partial charge >= 0.3 is 0 Å². The Morgan fingerprint density at radius 2 is 1.61 bits per heavy atom. The highest BCUT2D eigenvalue weighted by Gasteiger charge is 2.38. The topological polar surface area (TPSA) is 54.5 Å².